The second-order valence-electron chi connectivity index (χ2n) is 7.34. The van der Waals surface area contributed by atoms with Crippen LogP contribution in [0.2, 0.25) is 0 Å². The number of likely N-dealkylation sites (tertiary alicyclic amines) is 1. The monoisotopic (exact) mass is 389 g/mol. The molecule has 0 unspecified atom stereocenters. The molecule has 1 aliphatic rings. The molecule has 0 bridgehead atoms. The highest BCUT2D eigenvalue weighted by Gasteiger charge is 2.22. The first-order chi connectivity index (χ1) is 13.4. The van der Waals surface area contributed by atoms with Crippen molar-refractivity contribution in [3.8, 4) is 11.5 Å². The average molecular weight is 389 g/mol. The molecule has 0 radical (unpaired) electrons. The Balaban J connectivity index is 1.60. The van der Waals surface area contributed by atoms with Crippen LogP contribution in [0.1, 0.15) is 37.2 Å². The Bertz CT molecular complexity index is 829. The van der Waals surface area contributed by atoms with Crippen LogP contribution < -0.4 is 10.1 Å². The van der Waals surface area contributed by atoms with Gasteiger partial charge in [-0.25, -0.2) is 4.39 Å². The van der Waals surface area contributed by atoms with Gasteiger partial charge in [-0.05, 0) is 57.4 Å². The van der Waals surface area contributed by atoms with Gasteiger partial charge in [0.05, 0.1) is 0 Å². The summed E-state index contributed by atoms with van der Waals surface area (Å²) in [5.74, 6) is -2.00. The second-order valence-corrected chi connectivity index (χ2v) is 7.34. The predicted molar refractivity (Wildman–Crippen MR) is 102 cm³/mol. The van der Waals surface area contributed by atoms with Gasteiger partial charge in [-0.2, -0.15) is 4.39 Å². The molecule has 1 amide bonds. The predicted octanol–water partition coefficient (Wildman–Crippen LogP) is 4.00. The minimum Gasteiger partial charge on any atom is -0.454 e. The average Bonchev–Trinajstić information content (AvgIpc) is 2.70. The number of piperidine rings is 1. The van der Waals surface area contributed by atoms with E-state index in [0.717, 1.165) is 32.0 Å². The highest BCUT2D eigenvalue weighted by atomic mass is 19.2. The number of ether oxygens (including phenoxy) is 1. The second kappa shape index (κ2) is 9.10. The molecule has 1 aromatic heterocycles. The van der Waals surface area contributed by atoms with Gasteiger partial charge in [-0.1, -0.05) is 6.07 Å². The fraction of sp³-hybridized carbons (Fsp3) is 0.429. The largest absolute Gasteiger partial charge is 0.454 e. The van der Waals surface area contributed by atoms with Crippen LogP contribution in [0.15, 0.2) is 36.5 Å². The van der Waals surface area contributed by atoms with Gasteiger partial charge >= 0.3 is 0 Å². The molecule has 5 nitrogen and oxygen atoms in total. The molecule has 1 aliphatic heterocycles. The van der Waals surface area contributed by atoms with Crippen molar-refractivity contribution in [2.75, 3.05) is 19.6 Å². The first-order valence-corrected chi connectivity index (χ1v) is 9.54. The zero-order valence-corrected chi connectivity index (χ0v) is 16.1. The number of rotatable bonds is 6. The Morgan fingerprint density at radius 1 is 1.36 bits per heavy atom. The van der Waals surface area contributed by atoms with E-state index in [9.17, 15) is 13.6 Å². The summed E-state index contributed by atoms with van der Waals surface area (Å²) in [5.41, 5.74) is 0.172. The van der Waals surface area contributed by atoms with Crippen LogP contribution in [0.25, 0.3) is 0 Å². The molecule has 28 heavy (non-hydrogen) atoms. The highest BCUT2D eigenvalue weighted by molar-refractivity contribution is 5.92. The number of carbonyl (C=O) groups excluding carboxylic acids is 1. The molecule has 1 saturated heterocycles. The summed E-state index contributed by atoms with van der Waals surface area (Å²) in [5, 5.41) is 2.92. The minimum atomic E-state index is -1.07. The lowest BCUT2D eigenvalue weighted by atomic mass is 9.97. The zero-order valence-electron chi connectivity index (χ0n) is 16.1. The van der Waals surface area contributed by atoms with E-state index in [2.05, 4.69) is 29.0 Å². The Labute approximate surface area is 163 Å². The molecule has 0 spiro atoms. The van der Waals surface area contributed by atoms with Crippen molar-refractivity contribution in [2.24, 2.45) is 5.92 Å². The van der Waals surface area contributed by atoms with Gasteiger partial charge in [-0.15, -0.1) is 0 Å². The summed E-state index contributed by atoms with van der Waals surface area (Å²) in [4.78, 5) is 18.9. The van der Waals surface area contributed by atoms with Crippen molar-refractivity contribution in [2.45, 2.75) is 32.7 Å². The molecular formula is C21H25F2N3O2. The Kier molecular flexibility index (Phi) is 6.57. The number of aromatic nitrogens is 1. The number of nitrogens with one attached hydrogen (secondary N) is 1. The maximum Gasteiger partial charge on any atom is 0.270 e. The standard InChI is InChI=1S/C21H25F2N3O2/c1-14(2)26-10-4-5-15(13-26)12-25-21(27)18-11-16(8-9-24-18)28-19-7-3-6-17(22)20(19)23/h3,6-9,11,14-15H,4-5,10,12-13H2,1-2H3,(H,25,27)/t15-/m1/s1. The van der Waals surface area contributed by atoms with Crippen molar-refractivity contribution in [3.63, 3.8) is 0 Å². The molecule has 1 aromatic carbocycles. The van der Waals surface area contributed by atoms with Crippen LogP contribution in [0, 0.1) is 17.6 Å². The zero-order chi connectivity index (χ0) is 20.1. The summed E-state index contributed by atoms with van der Waals surface area (Å²) in [6.45, 7) is 7.00. The van der Waals surface area contributed by atoms with Crippen LogP contribution in [0.5, 0.6) is 11.5 Å². The van der Waals surface area contributed by atoms with E-state index >= 15 is 0 Å². The molecule has 0 saturated carbocycles. The summed E-state index contributed by atoms with van der Waals surface area (Å²) in [6, 6.07) is 7.09. The van der Waals surface area contributed by atoms with E-state index in [1.54, 1.807) is 0 Å². The molecule has 1 atom stereocenters. The van der Waals surface area contributed by atoms with Gasteiger partial charge in [-0.3, -0.25) is 9.78 Å². The molecule has 1 fully saturated rings. The molecule has 7 heteroatoms. The maximum atomic E-state index is 13.8. The van der Waals surface area contributed by atoms with Gasteiger partial charge in [0.2, 0.25) is 5.82 Å². The molecule has 3 rings (SSSR count). The fourth-order valence-corrected chi connectivity index (χ4v) is 3.35. The number of benzene rings is 1. The lowest BCUT2D eigenvalue weighted by Crippen LogP contribution is -2.43. The first-order valence-electron chi connectivity index (χ1n) is 9.54. The van der Waals surface area contributed by atoms with Crippen LogP contribution in [0.4, 0.5) is 8.78 Å². The van der Waals surface area contributed by atoms with Gasteiger partial charge in [0.25, 0.3) is 5.91 Å². The van der Waals surface area contributed by atoms with E-state index in [4.69, 9.17) is 4.74 Å². The van der Waals surface area contributed by atoms with E-state index < -0.39 is 11.6 Å². The topological polar surface area (TPSA) is 54.5 Å². The van der Waals surface area contributed by atoms with Crippen LogP contribution in [0.3, 0.4) is 0 Å². The third-order valence-corrected chi connectivity index (χ3v) is 4.94. The molecule has 150 valence electrons. The number of hydrogen-bond acceptors (Lipinski definition) is 4. The van der Waals surface area contributed by atoms with E-state index in [1.165, 1.54) is 30.5 Å². The quantitative estimate of drug-likeness (QED) is 0.811. The van der Waals surface area contributed by atoms with Crippen LogP contribution in [-0.2, 0) is 0 Å². The lowest BCUT2D eigenvalue weighted by molar-refractivity contribution is 0.0917. The molecule has 2 heterocycles. The number of nitrogens with zero attached hydrogens (tertiary/aromatic N) is 2. The summed E-state index contributed by atoms with van der Waals surface area (Å²) in [6.07, 6.45) is 3.61. The molecule has 0 aliphatic carbocycles. The minimum absolute atomic E-state index is 0.172. The summed E-state index contributed by atoms with van der Waals surface area (Å²) >= 11 is 0. The number of hydrogen-bond donors (Lipinski definition) is 1. The van der Waals surface area contributed by atoms with E-state index in [1.807, 2.05) is 0 Å². The number of halogens is 2. The number of amides is 1. The Hall–Kier alpha value is -2.54. The Morgan fingerprint density at radius 3 is 2.96 bits per heavy atom. The number of pyridine rings is 1. The van der Waals surface area contributed by atoms with Gasteiger partial charge in [0.1, 0.15) is 11.4 Å². The SMILES string of the molecule is CC(C)N1CCC[C@H](CNC(=O)c2cc(Oc3cccc(F)c3F)ccn2)C1. The van der Waals surface area contributed by atoms with Crippen molar-refractivity contribution < 1.29 is 18.3 Å². The van der Waals surface area contributed by atoms with Crippen molar-refractivity contribution in [1.29, 1.82) is 0 Å². The smallest absolute Gasteiger partial charge is 0.270 e. The summed E-state index contributed by atoms with van der Waals surface area (Å²) < 4.78 is 32.4. The molecular weight excluding hydrogens is 364 g/mol. The third kappa shape index (κ3) is 5.04. The Morgan fingerprint density at radius 2 is 2.18 bits per heavy atom. The maximum absolute atomic E-state index is 13.8. The molecule has 1 N–H and O–H groups in total. The van der Waals surface area contributed by atoms with Crippen LogP contribution in [-0.4, -0.2) is 41.5 Å². The van der Waals surface area contributed by atoms with Crippen LogP contribution >= 0.6 is 0 Å². The molecule has 2 aromatic rings. The summed E-state index contributed by atoms with van der Waals surface area (Å²) in [7, 11) is 0. The van der Waals surface area contributed by atoms with Gasteiger partial charge in [0.15, 0.2) is 11.6 Å². The van der Waals surface area contributed by atoms with Crippen molar-refractivity contribution in [3.05, 3.63) is 53.9 Å². The highest BCUT2D eigenvalue weighted by Crippen LogP contribution is 2.26. The lowest BCUT2D eigenvalue weighted by Gasteiger charge is -2.35. The van der Waals surface area contributed by atoms with Gasteiger partial charge < -0.3 is 15.0 Å². The van der Waals surface area contributed by atoms with Gasteiger partial charge in [0, 0.05) is 31.4 Å². The van der Waals surface area contributed by atoms with Crippen molar-refractivity contribution in [1.82, 2.24) is 15.2 Å². The van der Waals surface area contributed by atoms with E-state index in [-0.39, 0.29) is 23.1 Å². The number of carbonyl (C=O) groups is 1. The normalized spacial score (nSPS) is 17.5. The third-order valence-electron chi connectivity index (χ3n) is 4.94. The fourth-order valence-electron chi connectivity index (χ4n) is 3.35. The first kappa shape index (κ1) is 20.2. The van der Waals surface area contributed by atoms with E-state index in [0.29, 0.717) is 18.5 Å². The van der Waals surface area contributed by atoms with Crippen molar-refractivity contribution >= 4 is 5.91 Å².